The lowest BCUT2D eigenvalue weighted by molar-refractivity contribution is -0.0889. The number of hydrogen-bond donors (Lipinski definition) is 3. The van der Waals surface area contributed by atoms with Crippen LogP contribution in [0.3, 0.4) is 0 Å². The molecule has 1 aromatic rings. The molecule has 4 nitrogen and oxygen atoms in total. The molecular formula is C12H16O4. The highest BCUT2D eigenvalue weighted by atomic mass is 16.5. The number of aliphatic hydroxyl groups excluding tert-OH is 3. The molecule has 16 heavy (non-hydrogen) atoms. The number of aliphatic hydroxyl groups is 3. The van der Waals surface area contributed by atoms with Crippen LogP contribution in [0.2, 0.25) is 0 Å². The summed E-state index contributed by atoms with van der Waals surface area (Å²) in [5.74, 6) is 0. The summed E-state index contributed by atoms with van der Waals surface area (Å²) in [7, 11) is 0. The summed E-state index contributed by atoms with van der Waals surface area (Å²) in [6.07, 6.45) is -3.22. The van der Waals surface area contributed by atoms with Crippen LogP contribution in [0.15, 0.2) is 30.3 Å². The molecule has 1 fully saturated rings. The average Bonchev–Trinajstić information content (AvgIpc) is 2.53. The summed E-state index contributed by atoms with van der Waals surface area (Å²) in [6.45, 7) is 0.326. The van der Waals surface area contributed by atoms with Crippen molar-refractivity contribution in [2.45, 2.75) is 37.4 Å². The molecule has 0 unspecified atom stereocenters. The van der Waals surface area contributed by atoms with E-state index in [1.165, 1.54) is 0 Å². The molecule has 1 aliphatic rings. The van der Waals surface area contributed by atoms with Crippen LogP contribution in [0.1, 0.15) is 12.0 Å². The van der Waals surface area contributed by atoms with Crippen LogP contribution < -0.4 is 0 Å². The Morgan fingerprint density at radius 2 is 1.75 bits per heavy atom. The van der Waals surface area contributed by atoms with Gasteiger partial charge in [0, 0.05) is 6.42 Å². The van der Waals surface area contributed by atoms with Crippen LogP contribution in [0.5, 0.6) is 0 Å². The first-order valence-electron chi connectivity index (χ1n) is 5.38. The smallest absolute Gasteiger partial charge is 0.112 e. The third-order valence-electron chi connectivity index (χ3n) is 2.88. The Hall–Kier alpha value is -0.940. The largest absolute Gasteiger partial charge is 0.390 e. The second kappa shape index (κ2) is 4.93. The molecule has 0 radical (unpaired) electrons. The van der Waals surface area contributed by atoms with Crippen molar-refractivity contribution in [3.05, 3.63) is 35.9 Å². The summed E-state index contributed by atoms with van der Waals surface area (Å²) in [4.78, 5) is 0. The molecule has 0 saturated heterocycles. The standard InChI is InChI=1S/C12H16O4/c13-9-6-10(14)12(11(9)15)16-7-8-4-2-1-3-5-8/h1-5,9-15H,6-7H2/t9-,10+,11+,12-/m0/s1. The quantitative estimate of drug-likeness (QED) is 0.679. The van der Waals surface area contributed by atoms with E-state index in [0.717, 1.165) is 5.56 Å². The fourth-order valence-electron chi connectivity index (χ4n) is 1.94. The molecule has 0 aromatic heterocycles. The highest BCUT2D eigenvalue weighted by Crippen LogP contribution is 2.24. The zero-order valence-corrected chi connectivity index (χ0v) is 8.86. The predicted molar refractivity (Wildman–Crippen MR) is 57.7 cm³/mol. The summed E-state index contributed by atoms with van der Waals surface area (Å²) in [6, 6.07) is 9.52. The monoisotopic (exact) mass is 224 g/mol. The van der Waals surface area contributed by atoms with Gasteiger partial charge in [-0.05, 0) is 5.56 Å². The second-order valence-electron chi connectivity index (χ2n) is 4.12. The number of benzene rings is 1. The SMILES string of the molecule is O[C@H]1[C@@H](OCc2ccccc2)[C@H](O)C[C@@H]1O. The van der Waals surface area contributed by atoms with Gasteiger partial charge in [-0.3, -0.25) is 0 Å². The minimum atomic E-state index is -1.00. The lowest BCUT2D eigenvalue weighted by Crippen LogP contribution is -2.35. The maximum absolute atomic E-state index is 9.57. The van der Waals surface area contributed by atoms with Crippen molar-refractivity contribution in [2.24, 2.45) is 0 Å². The molecule has 0 bridgehead atoms. The van der Waals surface area contributed by atoms with E-state index in [1.54, 1.807) is 0 Å². The minimum absolute atomic E-state index is 0.167. The van der Waals surface area contributed by atoms with E-state index >= 15 is 0 Å². The average molecular weight is 224 g/mol. The van der Waals surface area contributed by atoms with Crippen molar-refractivity contribution in [2.75, 3.05) is 0 Å². The molecule has 0 aliphatic heterocycles. The van der Waals surface area contributed by atoms with Gasteiger partial charge < -0.3 is 20.1 Å². The molecule has 0 spiro atoms. The van der Waals surface area contributed by atoms with E-state index in [4.69, 9.17) is 4.74 Å². The lowest BCUT2D eigenvalue weighted by atomic mass is 10.2. The van der Waals surface area contributed by atoms with Crippen molar-refractivity contribution in [3.63, 3.8) is 0 Å². The second-order valence-corrected chi connectivity index (χ2v) is 4.12. The van der Waals surface area contributed by atoms with Gasteiger partial charge in [-0.1, -0.05) is 30.3 Å². The van der Waals surface area contributed by atoms with Crippen LogP contribution in [0, 0.1) is 0 Å². The van der Waals surface area contributed by atoms with Crippen molar-refractivity contribution in [1.29, 1.82) is 0 Å². The van der Waals surface area contributed by atoms with E-state index in [1.807, 2.05) is 30.3 Å². The van der Waals surface area contributed by atoms with Gasteiger partial charge >= 0.3 is 0 Å². The topological polar surface area (TPSA) is 69.9 Å². The van der Waals surface area contributed by atoms with Crippen LogP contribution in [0.25, 0.3) is 0 Å². The zero-order valence-electron chi connectivity index (χ0n) is 8.86. The van der Waals surface area contributed by atoms with Gasteiger partial charge in [-0.2, -0.15) is 0 Å². The maximum atomic E-state index is 9.57. The minimum Gasteiger partial charge on any atom is -0.390 e. The number of ether oxygens (including phenoxy) is 1. The van der Waals surface area contributed by atoms with E-state index < -0.39 is 24.4 Å². The molecular weight excluding hydrogens is 208 g/mol. The highest BCUT2D eigenvalue weighted by Gasteiger charge is 2.41. The molecule has 1 aromatic carbocycles. The normalized spacial score (nSPS) is 34.2. The van der Waals surface area contributed by atoms with Crippen LogP contribution in [-0.4, -0.2) is 39.7 Å². The Balaban J connectivity index is 1.91. The molecule has 0 heterocycles. The molecule has 2 rings (SSSR count). The Bertz CT molecular complexity index is 327. The van der Waals surface area contributed by atoms with Gasteiger partial charge in [-0.15, -0.1) is 0 Å². The number of rotatable bonds is 3. The number of hydrogen-bond acceptors (Lipinski definition) is 4. The third-order valence-corrected chi connectivity index (χ3v) is 2.88. The molecule has 4 heteroatoms. The fraction of sp³-hybridized carbons (Fsp3) is 0.500. The third kappa shape index (κ3) is 2.41. The van der Waals surface area contributed by atoms with E-state index in [9.17, 15) is 15.3 Å². The Kier molecular flexibility index (Phi) is 3.56. The fourth-order valence-corrected chi connectivity index (χ4v) is 1.94. The Morgan fingerprint density at radius 1 is 1.06 bits per heavy atom. The zero-order chi connectivity index (χ0) is 11.5. The first-order chi connectivity index (χ1) is 7.68. The Labute approximate surface area is 94.1 Å². The van der Waals surface area contributed by atoms with E-state index in [2.05, 4.69) is 0 Å². The molecule has 0 amide bonds. The van der Waals surface area contributed by atoms with Gasteiger partial charge in [0.15, 0.2) is 0 Å². The van der Waals surface area contributed by atoms with Gasteiger partial charge in [0.05, 0.1) is 18.8 Å². The molecule has 1 saturated carbocycles. The lowest BCUT2D eigenvalue weighted by Gasteiger charge is -2.19. The molecule has 88 valence electrons. The summed E-state index contributed by atoms with van der Waals surface area (Å²) >= 11 is 0. The summed E-state index contributed by atoms with van der Waals surface area (Å²) < 4.78 is 5.42. The van der Waals surface area contributed by atoms with Gasteiger partial charge in [0.2, 0.25) is 0 Å². The van der Waals surface area contributed by atoms with Crippen molar-refractivity contribution < 1.29 is 20.1 Å². The first-order valence-corrected chi connectivity index (χ1v) is 5.38. The van der Waals surface area contributed by atoms with Crippen molar-refractivity contribution in [1.82, 2.24) is 0 Å². The van der Waals surface area contributed by atoms with Gasteiger partial charge in [-0.25, -0.2) is 0 Å². The van der Waals surface area contributed by atoms with E-state index in [-0.39, 0.29) is 6.42 Å². The van der Waals surface area contributed by atoms with Gasteiger partial charge in [0.25, 0.3) is 0 Å². The van der Waals surface area contributed by atoms with Crippen LogP contribution >= 0.6 is 0 Å². The summed E-state index contributed by atoms with van der Waals surface area (Å²) in [5, 5.41) is 28.5. The molecule has 1 aliphatic carbocycles. The molecule has 4 atom stereocenters. The first kappa shape index (κ1) is 11.5. The van der Waals surface area contributed by atoms with Crippen LogP contribution in [-0.2, 0) is 11.3 Å². The summed E-state index contributed by atoms with van der Waals surface area (Å²) in [5.41, 5.74) is 0.975. The van der Waals surface area contributed by atoms with Crippen molar-refractivity contribution >= 4 is 0 Å². The molecule has 3 N–H and O–H groups in total. The Morgan fingerprint density at radius 3 is 2.31 bits per heavy atom. The predicted octanol–water partition coefficient (Wildman–Crippen LogP) is 0.0582. The highest BCUT2D eigenvalue weighted by molar-refractivity contribution is 5.13. The maximum Gasteiger partial charge on any atom is 0.112 e. The van der Waals surface area contributed by atoms with Crippen molar-refractivity contribution in [3.8, 4) is 0 Å². The van der Waals surface area contributed by atoms with Gasteiger partial charge in [0.1, 0.15) is 12.2 Å². The van der Waals surface area contributed by atoms with E-state index in [0.29, 0.717) is 6.61 Å². The van der Waals surface area contributed by atoms with Crippen LogP contribution in [0.4, 0.5) is 0 Å².